The van der Waals surface area contributed by atoms with Crippen LogP contribution >= 0.6 is 0 Å². The maximum absolute atomic E-state index is 5.42. The summed E-state index contributed by atoms with van der Waals surface area (Å²) in [7, 11) is 0. The third-order valence-corrected chi connectivity index (χ3v) is 4.16. The topological polar surface area (TPSA) is 26.0 Å². The zero-order chi connectivity index (χ0) is 5.70. The molecule has 1 atom stereocenters. The average Bonchev–Trinajstić information content (AvgIpc) is 1.72. The molecule has 0 aliphatic rings. The second kappa shape index (κ2) is 4.84. The summed E-state index contributed by atoms with van der Waals surface area (Å²) >= 11 is 0.416. The third-order valence-electron chi connectivity index (χ3n) is 1.01. The van der Waals surface area contributed by atoms with E-state index in [-0.39, 0.29) is 0 Å². The Morgan fingerprint density at radius 3 is 2.29 bits per heavy atom. The van der Waals surface area contributed by atoms with Gasteiger partial charge in [-0.05, 0) is 0 Å². The van der Waals surface area contributed by atoms with Gasteiger partial charge in [-0.3, -0.25) is 0 Å². The van der Waals surface area contributed by atoms with E-state index in [1.54, 1.807) is 0 Å². The summed E-state index contributed by atoms with van der Waals surface area (Å²) in [6.45, 7) is 3.11. The molecule has 0 saturated heterocycles. The van der Waals surface area contributed by atoms with E-state index in [4.69, 9.17) is 5.73 Å². The molecule has 7 heavy (non-hydrogen) atoms. The number of alkyl halides is 2. The molecule has 0 saturated carbocycles. The van der Waals surface area contributed by atoms with Crippen molar-refractivity contribution in [2.75, 3.05) is 11.5 Å². The van der Waals surface area contributed by atoms with Gasteiger partial charge in [0.2, 0.25) is 0 Å². The molecule has 0 aromatic rings. The standard InChI is InChI=1S/C5H13IN/c1-3-5(4-7)6-2/h5H,3-4,7H2,1-2H3/q-1. The Labute approximate surface area is 55.9 Å². The van der Waals surface area contributed by atoms with Crippen LogP contribution in [0.15, 0.2) is 0 Å². The van der Waals surface area contributed by atoms with Crippen molar-refractivity contribution in [3.63, 3.8) is 0 Å². The van der Waals surface area contributed by atoms with Gasteiger partial charge in [-0.1, -0.05) is 0 Å². The van der Waals surface area contributed by atoms with E-state index in [9.17, 15) is 0 Å². The van der Waals surface area contributed by atoms with Crippen molar-refractivity contribution in [2.24, 2.45) is 5.73 Å². The molecular formula is C5H13IN-. The normalized spacial score (nSPS) is 14.7. The summed E-state index contributed by atoms with van der Waals surface area (Å²) in [6, 6.07) is 0. The minimum absolute atomic E-state index is 0.416. The van der Waals surface area contributed by atoms with Crippen molar-refractivity contribution in [1.82, 2.24) is 0 Å². The Bertz CT molecular complexity index is 29.6. The first-order valence-electron chi connectivity index (χ1n) is 2.53. The molecule has 0 heterocycles. The summed E-state index contributed by atoms with van der Waals surface area (Å²) in [6.07, 6.45) is 1.28. The van der Waals surface area contributed by atoms with Crippen LogP contribution in [0, 0.1) is 0 Å². The fourth-order valence-corrected chi connectivity index (χ4v) is 1.80. The molecule has 1 unspecified atom stereocenters. The molecule has 0 bridgehead atoms. The molecule has 2 N–H and O–H groups in total. The first-order chi connectivity index (χ1) is 3.35. The maximum atomic E-state index is 5.42. The number of hydrogen-bond donors (Lipinski definition) is 1. The van der Waals surface area contributed by atoms with E-state index in [2.05, 4.69) is 11.9 Å². The van der Waals surface area contributed by atoms with E-state index in [0.717, 1.165) is 10.5 Å². The van der Waals surface area contributed by atoms with Gasteiger partial charge in [0.05, 0.1) is 0 Å². The van der Waals surface area contributed by atoms with Crippen LogP contribution in [0.2, 0.25) is 0 Å². The second-order valence-corrected chi connectivity index (χ2v) is 4.47. The number of halogens is 1. The van der Waals surface area contributed by atoms with Crippen molar-refractivity contribution >= 4 is 0 Å². The van der Waals surface area contributed by atoms with Crippen molar-refractivity contribution in [2.45, 2.75) is 17.3 Å². The molecule has 0 aromatic heterocycles. The summed E-state index contributed by atoms with van der Waals surface area (Å²) in [5.41, 5.74) is 5.42. The molecule has 2 heteroatoms. The van der Waals surface area contributed by atoms with E-state index >= 15 is 0 Å². The van der Waals surface area contributed by atoms with Gasteiger partial charge in [-0.25, -0.2) is 0 Å². The molecule has 0 rings (SSSR count). The van der Waals surface area contributed by atoms with E-state index in [0.29, 0.717) is 21.2 Å². The number of rotatable bonds is 3. The predicted octanol–water partition coefficient (Wildman–Crippen LogP) is -2.56. The van der Waals surface area contributed by atoms with Gasteiger partial charge < -0.3 is 0 Å². The van der Waals surface area contributed by atoms with Gasteiger partial charge in [0.15, 0.2) is 0 Å². The first kappa shape index (κ1) is 7.69. The van der Waals surface area contributed by atoms with E-state index < -0.39 is 0 Å². The van der Waals surface area contributed by atoms with Crippen LogP contribution in [-0.4, -0.2) is 15.4 Å². The van der Waals surface area contributed by atoms with Crippen molar-refractivity contribution in [3.8, 4) is 0 Å². The Balaban J connectivity index is 2.99. The van der Waals surface area contributed by atoms with Crippen molar-refractivity contribution < 1.29 is 21.2 Å². The number of hydrogen-bond acceptors (Lipinski definition) is 1. The fourth-order valence-electron chi connectivity index (χ4n) is 0.410. The van der Waals surface area contributed by atoms with Gasteiger partial charge in [0.1, 0.15) is 0 Å². The molecule has 0 radical (unpaired) electrons. The summed E-state index contributed by atoms with van der Waals surface area (Å²) in [5, 5.41) is 0. The monoisotopic (exact) mass is 214 g/mol. The number of nitrogens with two attached hydrogens (primary N) is 1. The quantitative estimate of drug-likeness (QED) is 0.406. The Kier molecular flexibility index (Phi) is 5.32. The van der Waals surface area contributed by atoms with Crippen LogP contribution in [0.4, 0.5) is 0 Å². The van der Waals surface area contributed by atoms with Crippen LogP contribution < -0.4 is 26.9 Å². The molecule has 46 valence electrons. The summed E-state index contributed by atoms with van der Waals surface area (Å²) < 4.78 is 0.874. The predicted molar refractivity (Wildman–Crippen MR) is 29.1 cm³/mol. The molecule has 0 spiro atoms. The van der Waals surface area contributed by atoms with Gasteiger partial charge in [-0.2, -0.15) is 0 Å². The summed E-state index contributed by atoms with van der Waals surface area (Å²) in [4.78, 5) is 2.29. The molecule has 0 amide bonds. The fraction of sp³-hybridized carbons (Fsp3) is 1.00. The van der Waals surface area contributed by atoms with Crippen LogP contribution in [0.1, 0.15) is 13.3 Å². The van der Waals surface area contributed by atoms with E-state index in [1.807, 2.05) is 0 Å². The first-order valence-corrected chi connectivity index (χ1v) is 5.93. The SMILES string of the molecule is CCC(CN)[I-]C. The molecule has 0 aliphatic carbocycles. The zero-order valence-electron chi connectivity index (χ0n) is 4.95. The zero-order valence-corrected chi connectivity index (χ0v) is 7.10. The van der Waals surface area contributed by atoms with Crippen LogP contribution in [0.5, 0.6) is 0 Å². The minimum atomic E-state index is 0.416. The van der Waals surface area contributed by atoms with Crippen LogP contribution in [-0.2, 0) is 0 Å². The van der Waals surface area contributed by atoms with Gasteiger partial charge in [0, 0.05) is 0 Å². The molecule has 1 nitrogen and oxygen atoms in total. The van der Waals surface area contributed by atoms with Gasteiger partial charge in [-0.15, -0.1) is 0 Å². The second-order valence-electron chi connectivity index (χ2n) is 1.46. The van der Waals surface area contributed by atoms with Crippen LogP contribution in [0.3, 0.4) is 0 Å². The Morgan fingerprint density at radius 1 is 1.71 bits per heavy atom. The van der Waals surface area contributed by atoms with Gasteiger partial charge >= 0.3 is 55.7 Å². The molecule has 0 aromatic carbocycles. The molecule has 0 aliphatic heterocycles. The Morgan fingerprint density at radius 2 is 2.29 bits per heavy atom. The van der Waals surface area contributed by atoms with Gasteiger partial charge in [0.25, 0.3) is 0 Å². The van der Waals surface area contributed by atoms with Crippen molar-refractivity contribution in [1.29, 1.82) is 0 Å². The third kappa shape index (κ3) is 3.29. The average molecular weight is 214 g/mol. The molecule has 0 fully saturated rings. The van der Waals surface area contributed by atoms with Crippen LogP contribution in [0.25, 0.3) is 0 Å². The van der Waals surface area contributed by atoms with Crippen molar-refractivity contribution in [3.05, 3.63) is 0 Å². The Hall–Kier alpha value is 0.690. The summed E-state index contributed by atoms with van der Waals surface area (Å²) in [5.74, 6) is 0. The van der Waals surface area contributed by atoms with E-state index in [1.165, 1.54) is 6.42 Å². The molecular weight excluding hydrogens is 201 g/mol.